The van der Waals surface area contributed by atoms with Gasteiger partial charge in [-0.3, -0.25) is 0 Å². The smallest absolute Gasteiger partial charge is 0.410 e. The van der Waals surface area contributed by atoms with Crippen molar-refractivity contribution in [2.75, 3.05) is 24.3 Å². The number of hydrogen-bond acceptors (Lipinski definition) is 4. The van der Waals surface area contributed by atoms with Gasteiger partial charge in [-0.2, -0.15) is 0 Å². The number of rotatable bonds is 4. The van der Waals surface area contributed by atoms with E-state index < -0.39 is 11.7 Å². The Morgan fingerprint density at radius 2 is 2.12 bits per heavy atom. The standard InChI is InChI=1S/C19H29ClN2O3/c1-18(2,3)25-17(24)22-11-13-8-14(21-10-15(23)9-20)6-7-16(13)19(4,5)12-22/h6-8,15,21,23H,9-12H2,1-5H3. The molecule has 6 heteroatoms. The molecule has 1 aliphatic rings. The molecule has 1 atom stereocenters. The maximum Gasteiger partial charge on any atom is 0.410 e. The lowest BCUT2D eigenvalue weighted by molar-refractivity contribution is 0.0174. The number of nitrogens with zero attached hydrogens (tertiary/aromatic N) is 1. The largest absolute Gasteiger partial charge is 0.444 e. The highest BCUT2D eigenvalue weighted by atomic mass is 35.5. The Balaban J connectivity index is 2.19. The molecule has 0 spiro atoms. The second-order valence-electron chi connectivity index (χ2n) is 8.28. The molecule has 1 unspecified atom stereocenters. The van der Waals surface area contributed by atoms with Gasteiger partial charge in [-0.05, 0) is 44.0 Å². The number of ether oxygens (including phenoxy) is 1. The summed E-state index contributed by atoms with van der Waals surface area (Å²) in [5.41, 5.74) is 2.56. The molecule has 5 nitrogen and oxygen atoms in total. The zero-order valence-electron chi connectivity index (χ0n) is 15.7. The summed E-state index contributed by atoms with van der Waals surface area (Å²) in [4.78, 5) is 14.2. The molecular formula is C19H29ClN2O3. The zero-order valence-corrected chi connectivity index (χ0v) is 16.5. The van der Waals surface area contributed by atoms with Crippen molar-refractivity contribution in [2.24, 2.45) is 0 Å². The number of carbonyl (C=O) groups excluding carboxylic acids is 1. The van der Waals surface area contributed by atoms with Gasteiger partial charge in [0.15, 0.2) is 0 Å². The lowest BCUT2D eigenvalue weighted by Gasteiger charge is -2.40. The van der Waals surface area contributed by atoms with Crippen molar-refractivity contribution in [1.29, 1.82) is 0 Å². The van der Waals surface area contributed by atoms with E-state index in [0.717, 1.165) is 11.3 Å². The summed E-state index contributed by atoms with van der Waals surface area (Å²) >= 11 is 5.63. The lowest BCUT2D eigenvalue weighted by Crippen LogP contribution is -2.46. The number of alkyl halides is 1. The maximum absolute atomic E-state index is 12.5. The van der Waals surface area contributed by atoms with E-state index in [-0.39, 0.29) is 17.4 Å². The number of halogens is 1. The van der Waals surface area contributed by atoms with Gasteiger partial charge in [-0.25, -0.2) is 4.79 Å². The summed E-state index contributed by atoms with van der Waals surface area (Å²) in [6.45, 7) is 11.4. The van der Waals surface area contributed by atoms with Crippen LogP contribution in [-0.4, -0.2) is 46.8 Å². The van der Waals surface area contributed by atoms with Gasteiger partial charge in [0, 0.05) is 30.7 Å². The van der Waals surface area contributed by atoms with Crippen molar-refractivity contribution in [2.45, 2.75) is 58.3 Å². The number of nitrogens with one attached hydrogen (secondary N) is 1. The van der Waals surface area contributed by atoms with E-state index in [1.807, 2.05) is 32.9 Å². The van der Waals surface area contributed by atoms with Crippen LogP contribution < -0.4 is 5.32 Å². The van der Waals surface area contributed by atoms with Gasteiger partial charge in [0.25, 0.3) is 0 Å². The highest BCUT2D eigenvalue weighted by Gasteiger charge is 2.35. The highest BCUT2D eigenvalue weighted by molar-refractivity contribution is 6.18. The normalized spacial score (nSPS) is 17.6. The quantitative estimate of drug-likeness (QED) is 0.795. The predicted molar refractivity (Wildman–Crippen MR) is 101 cm³/mol. The Hall–Kier alpha value is -1.46. The van der Waals surface area contributed by atoms with Gasteiger partial charge in [-0.15, -0.1) is 11.6 Å². The molecule has 0 radical (unpaired) electrons. The van der Waals surface area contributed by atoms with Gasteiger partial charge in [-0.1, -0.05) is 19.9 Å². The molecule has 0 fully saturated rings. The van der Waals surface area contributed by atoms with Crippen LogP contribution in [0.1, 0.15) is 45.7 Å². The Morgan fingerprint density at radius 1 is 1.44 bits per heavy atom. The summed E-state index contributed by atoms with van der Waals surface area (Å²) in [7, 11) is 0. The number of aliphatic hydroxyl groups excluding tert-OH is 1. The molecule has 0 saturated heterocycles. The molecule has 1 aromatic rings. The second-order valence-corrected chi connectivity index (χ2v) is 8.59. The topological polar surface area (TPSA) is 61.8 Å². The minimum Gasteiger partial charge on any atom is -0.444 e. The van der Waals surface area contributed by atoms with Crippen LogP contribution in [-0.2, 0) is 16.7 Å². The number of amides is 1. The van der Waals surface area contributed by atoms with Gasteiger partial charge in [0.05, 0.1) is 12.0 Å². The summed E-state index contributed by atoms with van der Waals surface area (Å²) < 4.78 is 5.53. The first kappa shape index (κ1) is 19.9. The SMILES string of the molecule is CC(C)(C)OC(=O)N1Cc2cc(NCC(O)CCl)ccc2C(C)(C)C1. The number of anilines is 1. The van der Waals surface area contributed by atoms with E-state index in [4.69, 9.17) is 16.3 Å². The summed E-state index contributed by atoms with van der Waals surface area (Å²) in [5, 5.41) is 12.8. The van der Waals surface area contributed by atoms with Crippen LogP contribution >= 0.6 is 11.6 Å². The van der Waals surface area contributed by atoms with Crippen LogP contribution in [0.25, 0.3) is 0 Å². The molecule has 0 saturated carbocycles. The number of benzene rings is 1. The first-order valence-electron chi connectivity index (χ1n) is 8.61. The van der Waals surface area contributed by atoms with E-state index in [2.05, 4.69) is 25.2 Å². The van der Waals surface area contributed by atoms with Crippen molar-refractivity contribution in [3.05, 3.63) is 29.3 Å². The monoisotopic (exact) mass is 368 g/mol. The molecule has 2 N–H and O–H groups in total. The first-order valence-corrected chi connectivity index (χ1v) is 9.14. The first-order chi connectivity index (χ1) is 11.5. The molecular weight excluding hydrogens is 340 g/mol. The second kappa shape index (κ2) is 7.42. The fourth-order valence-corrected chi connectivity index (χ4v) is 3.17. The summed E-state index contributed by atoms with van der Waals surface area (Å²) in [6, 6.07) is 6.14. The Bertz CT molecular complexity index is 626. The lowest BCUT2D eigenvalue weighted by atomic mass is 9.78. The third kappa shape index (κ3) is 5.25. The predicted octanol–water partition coefficient (Wildman–Crippen LogP) is 3.73. The van der Waals surface area contributed by atoms with E-state index >= 15 is 0 Å². The number of carbonyl (C=O) groups is 1. The molecule has 0 bridgehead atoms. The molecule has 1 aromatic carbocycles. The van der Waals surface area contributed by atoms with Crippen LogP contribution in [0.3, 0.4) is 0 Å². The van der Waals surface area contributed by atoms with E-state index in [1.165, 1.54) is 5.56 Å². The minimum absolute atomic E-state index is 0.154. The number of hydrogen-bond donors (Lipinski definition) is 2. The van der Waals surface area contributed by atoms with E-state index in [9.17, 15) is 9.90 Å². The molecule has 0 aliphatic carbocycles. The van der Waals surface area contributed by atoms with Crippen LogP contribution in [0, 0.1) is 0 Å². The van der Waals surface area contributed by atoms with Gasteiger partial charge in [0.2, 0.25) is 0 Å². The fraction of sp³-hybridized carbons (Fsp3) is 0.632. The Morgan fingerprint density at radius 3 is 2.72 bits per heavy atom. The van der Waals surface area contributed by atoms with Crippen LogP contribution in [0.15, 0.2) is 18.2 Å². The van der Waals surface area contributed by atoms with Crippen LogP contribution in [0.5, 0.6) is 0 Å². The molecule has 25 heavy (non-hydrogen) atoms. The van der Waals surface area contributed by atoms with E-state index in [1.54, 1.807) is 4.90 Å². The Labute approximate surface area is 155 Å². The molecule has 0 aromatic heterocycles. The van der Waals surface area contributed by atoms with E-state index in [0.29, 0.717) is 19.6 Å². The van der Waals surface area contributed by atoms with Crippen molar-refractivity contribution in [3.63, 3.8) is 0 Å². The molecule has 1 amide bonds. The zero-order chi connectivity index (χ0) is 18.8. The van der Waals surface area contributed by atoms with Crippen molar-refractivity contribution >= 4 is 23.4 Å². The molecule has 140 valence electrons. The van der Waals surface area contributed by atoms with Crippen LogP contribution in [0.2, 0.25) is 0 Å². The molecule has 1 aliphatic heterocycles. The third-order valence-electron chi connectivity index (χ3n) is 4.15. The summed E-state index contributed by atoms with van der Waals surface area (Å²) in [6.07, 6.45) is -0.880. The van der Waals surface area contributed by atoms with Crippen LogP contribution in [0.4, 0.5) is 10.5 Å². The van der Waals surface area contributed by atoms with Crippen molar-refractivity contribution in [1.82, 2.24) is 4.90 Å². The fourth-order valence-electron chi connectivity index (χ4n) is 3.06. The highest BCUT2D eigenvalue weighted by Crippen LogP contribution is 2.35. The molecule has 2 rings (SSSR count). The third-order valence-corrected chi connectivity index (χ3v) is 4.51. The number of fused-ring (bicyclic) bond motifs is 1. The van der Waals surface area contributed by atoms with Gasteiger partial charge >= 0.3 is 6.09 Å². The minimum atomic E-state index is -0.590. The van der Waals surface area contributed by atoms with Gasteiger partial charge in [0.1, 0.15) is 5.60 Å². The Kier molecular flexibility index (Phi) is 5.89. The molecule has 1 heterocycles. The average Bonchev–Trinajstić information content (AvgIpc) is 2.49. The number of aliphatic hydroxyl groups is 1. The van der Waals surface area contributed by atoms with Crippen molar-refractivity contribution < 1.29 is 14.6 Å². The maximum atomic E-state index is 12.5. The van der Waals surface area contributed by atoms with Gasteiger partial charge < -0.3 is 20.1 Å². The van der Waals surface area contributed by atoms with Crippen molar-refractivity contribution in [3.8, 4) is 0 Å². The summed E-state index contributed by atoms with van der Waals surface area (Å²) in [5.74, 6) is 0.192. The average molecular weight is 369 g/mol.